The summed E-state index contributed by atoms with van der Waals surface area (Å²) in [7, 11) is 0. The maximum Gasteiger partial charge on any atom is -0.00147 e. The van der Waals surface area contributed by atoms with E-state index in [-0.39, 0.29) is 0 Å². The van der Waals surface area contributed by atoms with Gasteiger partial charge in [-0.2, -0.15) is 11.3 Å². The van der Waals surface area contributed by atoms with E-state index in [2.05, 4.69) is 41.1 Å². The van der Waals surface area contributed by atoms with E-state index in [9.17, 15) is 0 Å². The molecule has 2 N–H and O–H groups in total. The lowest BCUT2D eigenvalue weighted by molar-refractivity contribution is 0.833. The molecule has 0 aliphatic carbocycles. The molecule has 0 bridgehead atoms. The molecule has 2 aromatic rings. The summed E-state index contributed by atoms with van der Waals surface area (Å²) in [5.74, 6) is 0. The van der Waals surface area contributed by atoms with Crippen molar-refractivity contribution in [2.45, 2.75) is 12.8 Å². The van der Waals surface area contributed by atoms with Gasteiger partial charge in [0.25, 0.3) is 0 Å². The van der Waals surface area contributed by atoms with Gasteiger partial charge in [-0.05, 0) is 52.9 Å². The second kappa shape index (κ2) is 5.10. The average Bonchev–Trinajstić information content (AvgIpc) is 2.80. The fraction of sp³-hybridized carbons (Fsp3) is 0.231. The predicted octanol–water partition coefficient (Wildman–Crippen LogP) is 3.31. The van der Waals surface area contributed by atoms with Crippen LogP contribution in [0.2, 0.25) is 0 Å². The van der Waals surface area contributed by atoms with Crippen LogP contribution in [0.1, 0.15) is 12.0 Å². The molecule has 0 saturated heterocycles. The normalized spacial score (nSPS) is 10.5. The third kappa shape index (κ3) is 2.67. The highest BCUT2D eigenvalue weighted by Gasteiger charge is 1.97. The quantitative estimate of drug-likeness (QED) is 0.835. The Morgan fingerprint density at radius 1 is 1.00 bits per heavy atom. The fourth-order valence-corrected chi connectivity index (χ4v) is 2.26. The number of nitrogens with two attached hydrogens (primary N) is 1. The van der Waals surface area contributed by atoms with Crippen molar-refractivity contribution in [1.29, 1.82) is 0 Å². The molecule has 0 atom stereocenters. The maximum absolute atomic E-state index is 5.48. The number of benzene rings is 1. The highest BCUT2D eigenvalue weighted by atomic mass is 32.1. The molecule has 2 heteroatoms. The molecule has 0 fully saturated rings. The minimum absolute atomic E-state index is 0.770. The summed E-state index contributed by atoms with van der Waals surface area (Å²) >= 11 is 1.74. The second-order valence-electron chi connectivity index (χ2n) is 3.60. The van der Waals surface area contributed by atoms with Gasteiger partial charge in [0.15, 0.2) is 0 Å². The van der Waals surface area contributed by atoms with E-state index >= 15 is 0 Å². The lowest BCUT2D eigenvalue weighted by Crippen LogP contribution is -2.00. The van der Waals surface area contributed by atoms with E-state index < -0.39 is 0 Å². The van der Waals surface area contributed by atoms with Crippen molar-refractivity contribution in [3.05, 3.63) is 46.7 Å². The van der Waals surface area contributed by atoms with E-state index in [4.69, 9.17) is 5.73 Å². The van der Waals surface area contributed by atoms with Gasteiger partial charge in [0.05, 0.1) is 0 Å². The fourth-order valence-electron chi connectivity index (χ4n) is 1.60. The summed E-state index contributed by atoms with van der Waals surface area (Å²) in [6, 6.07) is 10.9. The Hall–Kier alpha value is -1.12. The molecule has 1 heterocycles. The van der Waals surface area contributed by atoms with Crippen LogP contribution in [-0.4, -0.2) is 6.54 Å². The molecule has 0 saturated carbocycles. The molecule has 1 aromatic heterocycles. The van der Waals surface area contributed by atoms with Crippen molar-refractivity contribution in [3.63, 3.8) is 0 Å². The number of aryl methyl sites for hydroxylation is 1. The zero-order chi connectivity index (χ0) is 10.5. The predicted molar refractivity (Wildman–Crippen MR) is 67.1 cm³/mol. The molecule has 1 nitrogen and oxygen atoms in total. The number of rotatable bonds is 4. The molecule has 0 aliphatic heterocycles. The third-order valence-corrected chi connectivity index (χ3v) is 3.16. The minimum Gasteiger partial charge on any atom is -0.330 e. The van der Waals surface area contributed by atoms with Gasteiger partial charge < -0.3 is 5.73 Å². The van der Waals surface area contributed by atoms with E-state index in [1.165, 1.54) is 16.7 Å². The first-order valence-corrected chi connectivity index (χ1v) is 6.16. The summed E-state index contributed by atoms with van der Waals surface area (Å²) in [5.41, 5.74) is 9.47. The molecule has 0 amide bonds. The standard InChI is InChI=1S/C13H15NS/c14-8-1-2-11-3-5-12(6-4-11)13-7-9-15-10-13/h3-7,9-10H,1-2,8,14H2. The molecule has 78 valence electrons. The zero-order valence-electron chi connectivity index (χ0n) is 8.65. The van der Waals surface area contributed by atoms with Crippen LogP contribution in [-0.2, 0) is 6.42 Å². The minimum atomic E-state index is 0.770. The van der Waals surface area contributed by atoms with E-state index in [1.54, 1.807) is 11.3 Å². The Morgan fingerprint density at radius 3 is 2.40 bits per heavy atom. The summed E-state index contributed by atoms with van der Waals surface area (Å²) in [6.45, 7) is 0.770. The summed E-state index contributed by atoms with van der Waals surface area (Å²) < 4.78 is 0. The van der Waals surface area contributed by atoms with Gasteiger partial charge in [-0.1, -0.05) is 24.3 Å². The van der Waals surface area contributed by atoms with Crippen molar-refractivity contribution in [2.75, 3.05) is 6.54 Å². The molecular weight excluding hydrogens is 202 g/mol. The van der Waals surface area contributed by atoms with Crippen molar-refractivity contribution in [3.8, 4) is 11.1 Å². The van der Waals surface area contributed by atoms with Gasteiger partial charge in [0, 0.05) is 0 Å². The van der Waals surface area contributed by atoms with Crippen molar-refractivity contribution >= 4 is 11.3 Å². The Morgan fingerprint density at radius 2 is 1.80 bits per heavy atom. The van der Waals surface area contributed by atoms with E-state index in [0.717, 1.165) is 19.4 Å². The molecule has 2 rings (SSSR count). The molecule has 0 spiro atoms. The summed E-state index contributed by atoms with van der Waals surface area (Å²) in [6.07, 6.45) is 2.15. The summed E-state index contributed by atoms with van der Waals surface area (Å²) in [5, 5.41) is 4.28. The van der Waals surface area contributed by atoms with Crippen LogP contribution in [0.5, 0.6) is 0 Å². The Labute approximate surface area is 94.6 Å². The topological polar surface area (TPSA) is 26.0 Å². The van der Waals surface area contributed by atoms with Gasteiger partial charge in [0.2, 0.25) is 0 Å². The van der Waals surface area contributed by atoms with Gasteiger partial charge in [0.1, 0.15) is 0 Å². The van der Waals surface area contributed by atoms with Crippen molar-refractivity contribution in [2.24, 2.45) is 5.73 Å². The molecule has 0 unspecified atom stereocenters. The zero-order valence-corrected chi connectivity index (χ0v) is 9.46. The number of hydrogen-bond donors (Lipinski definition) is 1. The number of hydrogen-bond acceptors (Lipinski definition) is 2. The van der Waals surface area contributed by atoms with Gasteiger partial charge in [-0.3, -0.25) is 0 Å². The Balaban J connectivity index is 2.11. The lowest BCUT2D eigenvalue weighted by Gasteiger charge is -2.02. The van der Waals surface area contributed by atoms with Gasteiger partial charge >= 0.3 is 0 Å². The van der Waals surface area contributed by atoms with Crippen molar-refractivity contribution < 1.29 is 0 Å². The second-order valence-corrected chi connectivity index (χ2v) is 4.38. The number of thiophene rings is 1. The average molecular weight is 217 g/mol. The molecule has 0 radical (unpaired) electrons. The van der Waals surface area contributed by atoms with Crippen LogP contribution >= 0.6 is 11.3 Å². The molecule has 0 aliphatic rings. The van der Waals surface area contributed by atoms with Crippen LogP contribution in [0.15, 0.2) is 41.1 Å². The van der Waals surface area contributed by atoms with Crippen LogP contribution in [0.4, 0.5) is 0 Å². The first-order chi connectivity index (χ1) is 7.40. The molecule has 15 heavy (non-hydrogen) atoms. The molecular formula is C13H15NS. The monoisotopic (exact) mass is 217 g/mol. The highest BCUT2D eigenvalue weighted by molar-refractivity contribution is 7.08. The summed E-state index contributed by atoms with van der Waals surface area (Å²) in [4.78, 5) is 0. The first-order valence-electron chi connectivity index (χ1n) is 5.22. The largest absolute Gasteiger partial charge is 0.330 e. The van der Waals surface area contributed by atoms with Crippen LogP contribution in [0.25, 0.3) is 11.1 Å². The van der Waals surface area contributed by atoms with E-state index in [1.807, 2.05) is 0 Å². The maximum atomic E-state index is 5.48. The van der Waals surface area contributed by atoms with E-state index in [0.29, 0.717) is 0 Å². The van der Waals surface area contributed by atoms with Crippen LogP contribution < -0.4 is 5.73 Å². The Kier molecular flexibility index (Phi) is 3.54. The van der Waals surface area contributed by atoms with Crippen LogP contribution in [0, 0.1) is 0 Å². The highest BCUT2D eigenvalue weighted by Crippen LogP contribution is 2.22. The molecule has 1 aromatic carbocycles. The lowest BCUT2D eigenvalue weighted by atomic mass is 10.0. The van der Waals surface area contributed by atoms with Crippen molar-refractivity contribution in [1.82, 2.24) is 0 Å². The third-order valence-electron chi connectivity index (χ3n) is 2.48. The SMILES string of the molecule is NCCCc1ccc(-c2ccsc2)cc1. The van der Waals surface area contributed by atoms with Crippen LogP contribution in [0.3, 0.4) is 0 Å². The van der Waals surface area contributed by atoms with Gasteiger partial charge in [-0.25, -0.2) is 0 Å². The smallest absolute Gasteiger partial charge is 0.00147 e. The van der Waals surface area contributed by atoms with Gasteiger partial charge in [-0.15, -0.1) is 0 Å². The first kappa shape index (κ1) is 10.4. The Bertz CT molecular complexity index is 389.